The van der Waals surface area contributed by atoms with E-state index in [1.807, 2.05) is 47.8 Å². The van der Waals surface area contributed by atoms with E-state index in [0.29, 0.717) is 26.2 Å². The molecule has 0 aromatic heterocycles. The van der Waals surface area contributed by atoms with Crippen molar-refractivity contribution < 1.29 is 19.2 Å². The molecule has 4 aliphatic carbocycles. The van der Waals surface area contributed by atoms with Crippen molar-refractivity contribution >= 4 is 24.1 Å². The van der Waals surface area contributed by atoms with Crippen molar-refractivity contribution in [1.29, 1.82) is 0 Å². The maximum atomic E-state index is 13.8. The molecular weight excluding hydrogens is 865 g/mol. The van der Waals surface area contributed by atoms with E-state index in [1.54, 1.807) is 0 Å². The van der Waals surface area contributed by atoms with Crippen molar-refractivity contribution in [2.24, 2.45) is 47.3 Å². The second kappa shape index (κ2) is 16.1. The Hall–Kier alpha value is -3.24. The summed E-state index contributed by atoms with van der Waals surface area (Å²) in [5.74, 6) is 2.28. The molecule has 0 aromatic rings. The summed E-state index contributed by atoms with van der Waals surface area (Å²) in [4.78, 5) is 71.6. The minimum atomic E-state index is -0.000605. The first-order valence-electron chi connectivity index (χ1n) is 27.0. The predicted molar refractivity (Wildman–Crippen MR) is 253 cm³/mol. The number of fused-ring (bicyclic) bond motifs is 24. The molecule has 20 heteroatoms. The number of rotatable bonds is 4. The summed E-state index contributed by atoms with van der Waals surface area (Å²) in [7, 11) is 8.03. The van der Waals surface area contributed by atoms with Gasteiger partial charge in [-0.3, -0.25) is 42.5 Å². The number of carbonyl (C=O) groups is 4. The Morgan fingerprint density at radius 1 is 0.294 bits per heavy atom. The fourth-order valence-corrected chi connectivity index (χ4v) is 18.3. The average molecular weight is 945 g/mol. The van der Waals surface area contributed by atoms with Gasteiger partial charge < -0.3 is 39.2 Å². The summed E-state index contributed by atoms with van der Waals surface area (Å²) in [5, 5.41) is 34.1. The first kappa shape index (κ1) is 44.7. The summed E-state index contributed by atoms with van der Waals surface area (Å²) in [6.45, 7) is 11.3. The Kier molecular flexibility index (Phi) is 10.6. The minimum Gasteiger partial charge on any atom is -0.323 e. The van der Waals surface area contributed by atoms with E-state index < -0.39 is 0 Å². The van der Waals surface area contributed by atoms with Crippen molar-refractivity contribution in [1.82, 2.24) is 81.7 Å². The molecule has 8 N–H and O–H groups in total. The largest absolute Gasteiger partial charge is 0.323 e. The molecule has 13 rings (SSSR count). The lowest BCUT2D eigenvalue weighted by Gasteiger charge is -2.43. The van der Waals surface area contributed by atoms with Crippen LogP contribution in [0, 0.1) is 47.3 Å². The van der Waals surface area contributed by atoms with Gasteiger partial charge >= 0.3 is 24.1 Å². The minimum absolute atomic E-state index is 0.00000869. The number of carbonyl (C=O) groups excluding carboxylic acids is 4. The summed E-state index contributed by atoms with van der Waals surface area (Å²) in [6, 6.07) is 1.92. The van der Waals surface area contributed by atoms with Gasteiger partial charge in [0.2, 0.25) is 0 Å². The second-order valence-corrected chi connectivity index (χ2v) is 23.6. The molecule has 8 bridgehead atoms. The monoisotopic (exact) mass is 945 g/mol. The first-order chi connectivity index (χ1) is 32.8. The molecule has 0 spiro atoms. The van der Waals surface area contributed by atoms with Gasteiger partial charge in [0.15, 0.2) is 0 Å². The molecule has 376 valence electrons. The number of nitrogens with one attached hydrogen (secondary N) is 8. The number of amides is 8. The molecule has 24 unspecified atom stereocenters. The van der Waals surface area contributed by atoms with Crippen LogP contribution in [0.3, 0.4) is 0 Å². The Labute approximate surface area is 402 Å². The zero-order chi connectivity index (χ0) is 46.9. The van der Waals surface area contributed by atoms with E-state index >= 15 is 0 Å². The predicted octanol–water partition coefficient (Wildman–Crippen LogP) is -0.0172. The lowest BCUT2D eigenvalue weighted by atomic mass is 9.71. The van der Waals surface area contributed by atoms with E-state index in [9.17, 15) is 19.2 Å². The Morgan fingerprint density at radius 2 is 0.441 bits per heavy atom. The number of urea groups is 4. The van der Waals surface area contributed by atoms with E-state index in [0.717, 1.165) is 51.4 Å². The van der Waals surface area contributed by atoms with E-state index in [1.165, 1.54) is 0 Å². The number of nitrogens with zero attached hydrogens (tertiary/aromatic N) is 8. The maximum absolute atomic E-state index is 13.8. The summed E-state index contributed by atoms with van der Waals surface area (Å²) < 4.78 is 0. The van der Waals surface area contributed by atoms with Crippen LogP contribution in [0.1, 0.15) is 79.1 Å². The SMILES string of the molecule is CCN1C(=O)N(C)C2CC3C4NC5NC(NC6NC(NC7NC(NC(N4)C3CC21)C1CC2C(CC71)N(C)C(=O)N2CC)C1CC2C(CC61)N(CC)C(=O)N2C)C1CC2C(CC51)N(C)C(=O)N2CC. The Morgan fingerprint density at radius 3 is 0.588 bits per heavy atom. The Balaban J connectivity index is 0.887. The zero-order valence-electron chi connectivity index (χ0n) is 41.6. The van der Waals surface area contributed by atoms with Gasteiger partial charge in [-0.25, -0.2) is 19.2 Å². The van der Waals surface area contributed by atoms with Crippen molar-refractivity contribution in [2.75, 3.05) is 54.4 Å². The molecule has 4 saturated carbocycles. The fraction of sp³-hybridized carbons (Fsp3) is 0.917. The highest BCUT2D eigenvalue weighted by atomic mass is 16.2. The average Bonchev–Trinajstić information content (AvgIpc) is 4.20. The lowest BCUT2D eigenvalue weighted by molar-refractivity contribution is 0.0837. The normalized spacial score (nSPS) is 51.3. The molecule has 24 atom stereocenters. The van der Waals surface area contributed by atoms with Crippen LogP contribution in [0.5, 0.6) is 0 Å². The Bertz CT molecular complexity index is 1780. The molecule has 9 aliphatic heterocycles. The van der Waals surface area contributed by atoms with Crippen LogP contribution in [0.2, 0.25) is 0 Å². The number of likely N-dealkylation sites (N-methyl/N-ethyl adjacent to an activating group) is 8. The van der Waals surface area contributed by atoms with E-state index in [4.69, 9.17) is 0 Å². The van der Waals surface area contributed by atoms with Crippen LogP contribution in [-0.4, -0.2) is 215 Å². The molecule has 20 nitrogen and oxygen atoms in total. The van der Waals surface area contributed by atoms with Crippen LogP contribution in [0.15, 0.2) is 0 Å². The molecule has 13 fully saturated rings. The van der Waals surface area contributed by atoms with Crippen LogP contribution >= 0.6 is 0 Å². The standard InChI is InChI=1S/C48H80N16O4/c1-9-61-33-17-25-21(13-29(33)57(5)45(61)65)37-49-38-23-15-31-35(63(11-3)47(67)59(31)7)19-27(23)43(53-38)56-44-28-20-36-32(60(8)48(68)64(36)12-4)16-24(28)40(54-44)50-39-22-14-30-34(62(10-2)46(66)58(30)6)18-26(22)42(52-39)55-41(25)51-37/h21-44,49-56H,9-20H2,1-8H3. The van der Waals surface area contributed by atoms with Gasteiger partial charge in [0.05, 0.1) is 97.7 Å². The van der Waals surface area contributed by atoms with Crippen molar-refractivity contribution in [2.45, 2.75) is 177 Å². The summed E-state index contributed by atoms with van der Waals surface area (Å²) in [6.07, 6.45) is 7.43. The van der Waals surface area contributed by atoms with Gasteiger partial charge in [-0.15, -0.1) is 0 Å². The third kappa shape index (κ3) is 6.18. The smallest absolute Gasteiger partial charge is 0.320 e. The topological polar surface area (TPSA) is 190 Å². The van der Waals surface area contributed by atoms with Crippen LogP contribution in [0.4, 0.5) is 19.2 Å². The fourth-order valence-electron chi connectivity index (χ4n) is 18.3. The zero-order valence-corrected chi connectivity index (χ0v) is 41.6. The molecule has 0 aromatic carbocycles. The first-order valence-corrected chi connectivity index (χ1v) is 27.0. The van der Waals surface area contributed by atoms with Gasteiger partial charge in [0.1, 0.15) is 0 Å². The van der Waals surface area contributed by atoms with Crippen LogP contribution < -0.4 is 42.5 Å². The van der Waals surface area contributed by atoms with Crippen molar-refractivity contribution in [3.63, 3.8) is 0 Å². The van der Waals surface area contributed by atoms with Gasteiger partial charge in [-0.2, -0.15) is 0 Å². The third-order valence-corrected chi connectivity index (χ3v) is 21.5. The molecule has 8 amide bonds. The highest BCUT2D eigenvalue weighted by Gasteiger charge is 2.63. The van der Waals surface area contributed by atoms with Gasteiger partial charge in [0.25, 0.3) is 0 Å². The van der Waals surface area contributed by atoms with Crippen LogP contribution in [0.25, 0.3) is 0 Å². The van der Waals surface area contributed by atoms with E-state index in [-0.39, 0.29) is 169 Å². The highest BCUT2D eigenvalue weighted by molar-refractivity contribution is 5.79. The van der Waals surface area contributed by atoms with Gasteiger partial charge in [-0.05, 0) is 126 Å². The summed E-state index contributed by atoms with van der Waals surface area (Å²) >= 11 is 0. The quantitative estimate of drug-likeness (QED) is 0.189. The molecule has 68 heavy (non-hydrogen) atoms. The second-order valence-electron chi connectivity index (χ2n) is 23.6. The molecular formula is C48H80N16O4. The maximum Gasteiger partial charge on any atom is 0.320 e. The molecule has 9 saturated heterocycles. The third-order valence-electron chi connectivity index (χ3n) is 21.5. The molecule has 13 aliphatic rings. The van der Waals surface area contributed by atoms with Crippen LogP contribution in [-0.2, 0) is 0 Å². The molecule has 0 radical (unpaired) electrons. The van der Waals surface area contributed by atoms with Gasteiger partial charge in [-0.1, -0.05) is 0 Å². The molecule has 9 heterocycles. The van der Waals surface area contributed by atoms with Crippen molar-refractivity contribution in [3.05, 3.63) is 0 Å². The van der Waals surface area contributed by atoms with Gasteiger partial charge in [0, 0.05) is 54.4 Å². The van der Waals surface area contributed by atoms with E-state index in [2.05, 4.69) is 89.8 Å². The summed E-state index contributed by atoms with van der Waals surface area (Å²) in [5.41, 5.74) is 0. The van der Waals surface area contributed by atoms with Crippen molar-refractivity contribution in [3.8, 4) is 0 Å². The lowest BCUT2D eigenvalue weighted by Crippen LogP contribution is -2.62. The number of hydrogen-bond acceptors (Lipinski definition) is 12. The number of hydrogen-bond donors (Lipinski definition) is 8. The highest BCUT2D eigenvalue weighted by Crippen LogP contribution is 2.51.